The molecular weight excluding hydrogens is 1670 g/mol. The number of carbonyl (C=O) groups is 3. The number of nitrogens with one attached hydrogen (secondary N) is 11. The minimum Gasteiger partial charge on any atom is -0.375 e. The number of likely N-dealkylation sites (tertiary alicyclic amines) is 1. The molecule has 14 heterocycles. The maximum absolute atomic E-state index is 12.9. The van der Waals surface area contributed by atoms with Crippen LogP contribution in [0.2, 0.25) is 0 Å². The number of para-hydroxylation sites is 1. The van der Waals surface area contributed by atoms with E-state index in [0.717, 1.165) is 174 Å². The van der Waals surface area contributed by atoms with Gasteiger partial charge < -0.3 is 67.0 Å². The number of thiazole rings is 1. The Hall–Kier alpha value is -16.1. The van der Waals surface area contributed by atoms with Gasteiger partial charge >= 0.3 is 0 Å². The number of amides is 3. The second-order valence-corrected chi connectivity index (χ2v) is 33.8. The first-order chi connectivity index (χ1) is 63.9. The molecule has 0 radical (unpaired) electrons. The highest BCUT2D eigenvalue weighted by atomic mass is 32.1. The lowest BCUT2D eigenvalue weighted by Gasteiger charge is -2.31. The normalized spacial score (nSPS) is 12.8. The summed E-state index contributed by atoms with van der Waals surface area (Å²) >= 11 is 1.62. The van der Waals surface area contributed by atoms with Gasteiger partial charge in [-0.3, -0.25) is 51.2 Å². The fraction of sp³-hybridized carbons (Fsp3) is 0.188. The second kappa shape index (κ2) is 40.3. The van der Waals surface area contributed by atoms with Gasteiger partial charge in [0.25, 0.3) is 17.7 Å². The number of benzene rings is 5. The Morgan fingerprint density at radius 3 is 1.23 bits per heavy atom. The maximum Gasteiger partial charge on any atom is 0.251 e. The van der Waals surface area contributed by atoms with Gasteiger partial charge in [0.05, 0.1) is 61.3 Å². The molecule has 0 spiro atoms. The summed E-state index contributed by atoms with van der Waals surface area (Å²) in [6.07, 6.45) is 31.4. The van der Waals surface area contributed by atoms with E-state index >= 15 is 0 Å². The first-order valence-electron chi connectivity index (χ1n) is 43.6. The van der Waals surface area contributed by atoms with Crippen LogP contribution in [0.5, 0.6) is 0 Å². The summed E-state index contributed by atoms with van der Waals surface area (Å²) in [5.74, 6) is -0.170. The van der Waals surface area contributed by atoms with Crippen LogP contribution in [0.4, 0.5) is 51.2 Å². The number of anilines is 9. The van der Waals surface area contributed by atoms with E-state index in [2.05, 4.69) is 131 Å². The van der Waals surface area contributed by atoms with Gasteiger partial charge in [-0.05, 0) is 235 Å². The van der Waals surface area contributed by atoms with Gasteiger partial charge in [0, 0.05) is 204 Å². The number of rotatable bonds is 24. The van der Waals surface area contributed by atoms with Crippen LogP contribution in [-0.2, 0) is 0 Å². The van der Waals surface area contributed by atoms with Crippen LogP contribution in [0.15, 0.2) is 317 Å². The molecule has 13 aromatic heterocycles. The number of aromatic amines is 4. The quantitative estimate of drug-likeness (QED) is 0.0198. The van der Waals surface area contributed by atoms with E-state index in [0.29, 0.717) is 23.2 Å². The number of aromatic nitrogens is 13. The van der Waals surface area contributed by atoms with Crippen LogP contribution < -0.4 is 64.4 Å². The summed E-state index contributed by atoms with van der Waals surface area (Å²) in [6.45, 7) is 8.67. The van der Waals surface area contributed by atoms with E-state index in [1.165, 1.54) is 38.5 Å². The number of carbonyl (C=O) groups excluding carboxylic acids is 3. The molecular formula is C101H98N22O7S. The Morgan fingerprint density at radius 1 is 0.427 bits per heavy atom. The van der Waals surface area contributed by atoms with Gasteiger partial charge in [-0.15, -0.1) is 11.3 Å². The largest absolute Gasteiger partial charge is 0.375 e. The zero-order valence-electron chi connectivity index (χ0n) is 72.5. The van der Waals surface area contributed by atoms with E-state index < -0.39 is 0 Å². The molecule has 1 aliphatic carbocycles. The van der Waals surface area contributed by atoms with E-state index in [1.54, 1.807) is 97.3 Å². The van der Waals surface area contributed by atoms with Crippen LogP contribution in [0, 0.1) is 0 Å². The van der Waals surface area contributed by atoms with E-state index in [-0.39, 0.29) is 51.5 Å². The summed E-state index contributed by atoms with van der Waals surface area (Å²) in [4.78, 5) is 122. The fourth-order valence-electron chi connectivity index (χ4n) is 16.5. The molecule has 660 valence electrons. The van der Waals surface area contributed by atoms with Crippen molar-refractivity contribution in [2.24, 2.45) is 0 Å². The molecule has 30 heteroatoms. The van der Waals surface area contributed by atoms with Crippen molar-refractivity contribution in [1.82, 2.24) is 83.3 Å². The number of nitrogens with zero attached hydrogens (tertiary/aromatic N) is 11. The molecule has 131 heavy (non-hydrogen) atoms. The Morgan fingerprint density at radius 2 is 0.817 bits per heavy atom. The average Bonchev–Trinajstić information content (AvgIpc) is 1.70. The second-order valence-electron chi connectivity index (χ2n) is 32.9. The van der Waals surface area contributed by atoms with Gasteiger partial charge in [0.15, 0.2) is 22.6 Å². The summed E-state index contributed by atoms with van der Waals surface area (Å²) in [7, 11) is 2.05. The Bertz CT molecular complexity index is 7300. The minimum atomic E-state index is -0.296. The number of fused-ring (bicyclic) bond motifs is 5. The van der Waals surface area contributed by atoms with Crippen LogP contribution in [0.25, 0.3) is 77.8 Å². The first-order valence-corrected chi connectivity index (χ1v) is 44.5. The Balaban J connectivity index is 0.000000123. The molecule has 0 bridgehead atoms. The average molecular weight is 1760 g/mol. The third kappa shape index (κ3) is 21.5. The van der Waals surface area contributed by atoms with Crippen LogP contribution >= 0.6 is 11.3 Å². The van der Waals surface area contributed by atoms with E-state index in [9.17, 15) is 33.6 Å². The zero-order valence-corrected chi connectivity index (χ0v) is 73.3. The highest BCUT2D eigenvalue weighted by Gasteiger charge is 2.27. The van der Waals surface area contributed by atoms with Crippen molar-refractivity contribution in [2.45, 2.75) is 83.2 Å². The lowest BCUT2D eigenvalue weighted by molar-refractivity contribution is 0.0891. The Labute approximate surface area is 756 Å². The predicted octanol–water partition coefficient (Wildman–Crippen LogP) is 17.7. The molecule has 0 atom stereocenters. The Kier molecular flexibility index (Phi) is 26.7. The smallest absolute Gasteiger partial charge is 0.251 e. The van der Waals surface area contributed by atoms with E-state index in [4.69, 9.17) is 0 Å². The minimum absolute atomic E-state index is 0.00806. The number of imidazole rings is 4. The monoisotopic (exact) mass is 1760 g/mol. The van der Waals surface area contributed by atoms with Crippen molar-refractivity contribution in [2.75, 3.05) is 65.9 Å². The predicted molar refractivity (Wildman–Crippen MR) is 520 cm³/mol. The van der Waals surface area contributed by atoms with Crippen molar-refractivity contribution in [1.29, 1.82) is 0 Å². The summed E-state index contributed by atoms with van der Waals surface area (Å²) in [6, 6.07) is 68.3. The molecule has 2 fully saturated rings. The maximum atomic E-state index is 12.9. The zero-order chi connectivity index (χ0) is 90.2. The van der Waals surface area contributed by atoms with Crippen LogP contribution in [-0.4, -0.2) is 136 Å². The van der Waals surface area contributed by atoms with E-state index in [1.807, 2.05) is 212 Å². The van der Waals surface area contributed by atoms with Crippen molar-refractivity contribution in [3.63, 3.8) is 0 Å². The summed E-state index contributed by atoms with van der Waals surface area (Å²) < 4.78 is 8.96. The third-order valence-electron chi connectivity index (χ3n) is 23.0. The number of H-pyrrole nitrogens is 4. The number of pyridine rings is 8. The van der Waals surface area contributed by atoms with Gasteiger partial charge in [-0.25, -0.2) is 24.9 Å². The SMILES string of the molecule is CC(C)(CN1CCCC1)NC(=O)c1ccc(Nc2ccc(-c3cc[nH]c(=O)c3)n3ccnc23)cc1.CN(CCCNC(=O)c1ccc(Nc2ccc(-c3cc[nH]c(=O)c3)n3ccnc23)cc1)c1ccccc1.O=C(NC1CCCCCC1)c1ccc(Nc2ccc(-c3cc[nH]c(=O)c3)n3ccnc23)cc1.O=c1cc(-c2ccc(Nc3ccc4scnc4c3)c3nccn23)cc[nH]1. The molecule has 11 N–H and O–H groups in total. The standard InChI is InChI=1S/C29H28N6O2.C27H30N6O2.C26H27N5O2.C19H13N5OS/c1-34(24-6-3-2-4-7-24)18-5-15-32-29(37)21-8-10-23(11-9-21)33-25-12-13-26(35-19-17-31-28(25)35)22-14-16-30-27(36)20-22;1-27(2,18-32-14-3-4-15-32)31-26(35)19-5-7-21(8-6-19)30-22-9-10-23(33-16-13-29-25(22)33)20-11-12-28-24(34)17-20;32-24-17-19(13-14-27-24)23-12-11-22(25-28-15-16-31(23)25)29-21-9-7-18(8-10-21)26(33)30-20-5-3-1-2-4-6-20;25-18-9-12(5-6-20-18)16-3-2-14(19-21-7-8-24(16)19)23-13-1-4-17-15(10-13)22-11-26-17/h2-4,6-14,16-17,19-20,33H,5,15,18H2,1H3,(H,30,36)(H,32,37);5-13,16-17,30H,3-4,14-15,18H2,1-2H3,(H,28,34)(H,31,35);7-17,20,29H,1-6H2,(H,27,32)(H,30,33);1-11,23H,(H,20,25). The molecule has 2 aliphatic rings. The molecule has 3 amide bonds. The molecule has 1 saturated heterocycles. The van der Waals surface area contributed by atoms with Gasteiger partial charge in [0.2, 0.25) is 22.2 Å². The summed E-state index contributed by atoms with van der Waals surface area (Å²) in [5.41, 5.74) is 21.7. The third-order valence-corrected chi connectivity index (χ3v) is 23.8. The van der Waals surface area contributed by atoms with Crippen molar-refractivity contribution < 1.29 is 14.4 Å². The van der Waals surface area contributed by atoms with Crippen molar-refractivity contribution in [3.8, 4) is 45.0 Å². The highest BCUT2D eigenvalue weighted by molar-refractivity contribution is 7.16. The van der Waals surface area contributed by atoms with Gasteiger partial charge in [-0.2, -0.15) is 0 Å². The number of hydrogen-bond donors (Lipinski definition) is 11. The highest BCUT2D eigenvalue weighted by Crippen LogP contribution is 2.34. The topological polar surface area (TPSA) is 355 Å². The van der Waals surface area contributed by atoms with Gasteiger partial charge in [0.1, 0.15) is 0 Å². The fourth-order valence-corrected chi connectivity index (χ4v) is 17.2. The molecule has 29 nitrogen and oxygen atoms in total. The molecule has 18 aromatic rings. The lowest BCUT2D eigenvalue weighted by atomic mass is 10.0. The molecule has 1 aliphatic heterocycles. The van der Waals surface area contributed by atoms with Crippen LogP contribution in [0.3, 0.4) is 0 Å². The molecule has 5 aromatic carbocycles. The van der Waals surface area contributed by atoms with Gasteiger partial charge in [-0.1, -0.05) is 43.9 Å². The first kappa shape index (κ1) is 87.0. The van der Waals surface area contributed by atoms with Crippen molar-refractivity contribution in [3.05, 3.63) is 356 Å². The molecule has 0 unspecified atom stereocenters. The summed E-state index contributed by atoms with van der Waals surface area (Å²) in [5, 5.41) is 23.0. The molecule has 20 rings (SSSR count). The number of hydrogen-bond acceptors (Lipinski definition) is 19. The lowest BCUT2D eigenvalue weighted by Crippen LogP contribution is -2.50. The van der Waals surface area contributed by atoms with Crippen molar-refractivity contribution >= 4 is 113 Å². The van der Waals surface area contributed by atoms with Crippen LogP contribution in [0.1, 0.15) is 103 Å². The molecule has 1 saturated carbocycles.